The fraction of sp³-hybridized carbons (Fsp3) is 0.400. The summed E-state index contributed by atoms with van der Waals surface area (Å²) in [5.41, 5.74) is 0.904. The second kappa shape index (κ2) is 8.32. The molecule has 1 atom stereocenters. The molecule has 19 heavy (non-hydrogen) atoms. The molecule has 1 aromatic rings. The summed E-state index contributed by atoms with van der Waals surface area (Å²) in [6.45, 7) is 2.74. The zero-order valence-electron chi connectivity index (χ0n) is 11.3. The molecule has 104 valence electrons. The van der Waals surface area contributed by atoms with Crippen molar-refractivity contribution in [3.63, 3.8) is 0 Å². The maximum absolute atomic E-state index is 10.9. The molecule has 0 fully saturated rings. The van der Waals surface area contributed by atoms with Gasteiger partial charge in [0, 0.05) is 12.7 Å². The molecule has 0 heterocycles. The summed E-state index contributed by atoms with van der Waals surface area (Å²) in [6, 6.07) is 7.43. The SMILES string of the molecule is COC(=O)/C=C/c1ccc(OCC[C@@H](C)CO)cc1. The number of carbonyl (C=O) groups excluding carboxylic acids is 1. The summed E-state index contributed by atoms with van der Waals surface area (Å²) in [4.78, 5) is 10.9. The Labute approximate surface area is 113 Å². The lowest BCUT2D eigenvalue weighted by Gasteiger charge is -2.09. The molecule has 1 aromatic carbocycles. The molecule has 0 amide bonds. The van der Waals surface area contributed by atoms with Crippen molar-refractivity contribution in [1.82, 2.24) is 0 Å². The number of methoxy groups -OCH3 is 1. The minimum Gasteiger partial charge on any atom is -0.494 e. The van der Waals surface area contributed by atoms with Crippen LogP contribution in [0, 0.1) is 5.92 Å². The summed E-state index contributed by atoms with van der Waals surface area (Å²) in [5, 5.41) is 8.89. The zero-order chi connectivity index (χ0) is 14.1. The van der Waals surface area contributed by atoms with Crippen LogP contribution in [0.3, 0.4) is 0 Å². The first-order valence-electron chi connectivity index (χ1n) is 6.25. The maximum atomic E-state index is 10.9. The number of carbonyl (C=O) groups is 1. The summed E-state index contributed by atoms with van der Waals surface area (Å²) in [7, 11) is 1.34. The van der Waals surface area contributed by atoms with E-state index in [2.05, 4.69) is 4.74 Å². The molecule has 0 saturated carbocycles. The van der Waals surface area contributed by atoms with Crippen LogP contribution in [0.5, 0.6) is 5.75 Å². The Morgan fingerprint density at radius 1 is 1.37 bits per heavy atom. The largest absolute Gasteiger partial charge is 0.494 e. The highest BCUT2D eigenvalue weighted by Crippen LogP contribution is 2.14. The molecule has 1 rings (SSSR count). The molecular weight excluding hydrogens is 244 g/mol. The fourth-order valence-electron chi connectivity index (χ4n) is 1.38. The first kappa shape index (κ1) is 15.2. The van der Waals surface area contributed by atoms with Crippen molar-refractivity contribution >= 4 is 12.0 Å². The third kappa shape index (κ3) is 6.06. The predicted molar refractivity (Wildman–Crippen MR) is 73.9 cm³/mol. The van der Waals surface area contributed by atoms with E-state index >= 15 is 0 Å². The Hall–Kier alpha value is -1.81. The monoisotopic (exact) mass is 264 g/mol. The van der Waals surface area contributed by atoms with Gasteiger partial charge in [0.25, 0.3) is 0 Å². The van der Waals surface area contributed by atoms with Gasteiger partial charge in [0.1, 0.15) is 5.75 Å². The Bertz CT molecular complexity index is 409. The second-order valence-electron chi connectivity index (χ2n) is 4.35. The highest BCUT2D eigenvalue weighted by molar-refractivity contribution is 5.86. The van der Waals surface area contributed by atoms with Gasteiger partial charge in [-0.1, -0.05) is 19.1 Å². The van der Waals surface area contributed by atoms with E-state index in [1.165, 1.54) is 13.2 Å². The standard InChI is InChI=1S/C15H20O4/c1-12(11-16)9-10-19-14-6-3-13(4-7-14)5-8-15(17)18-2/h3-8,12,16H,9-11H2,1-2H3/b8-5+/t12-/m1/s1. The van der Waals surface area contributed by atoms with Gasteiger partial charge >= 0.3 is 5.97 Å². The first-order valence-corrected chi connectivity index (χ1v) is 6.25. The summed E-state index contributed by atoms with van der Waals surface area (Å²) in [5.74, 6) is 0.654. The molecule has 0 spiro atoms. The predicted octanol–water partition coefficient (Wildman–Crippen LogP) is 2.27. The molecule has 0 bridgehead atoms. The minimum absolute atomic E-state index is 0.181. The Balaban J connectivity index is 2.43. The molecule has 4 heteroatoms. The van der Waals surface area contributed by atoms with E-state index in [0.717, 1.165) is 17.7 Å². The Morgan fingerprint density at radius 3 is 2.63 bits per heavy atom. The molecule has 0 aromatic heterocycles. The van der Waals surface area contributed by atoms with Gasteiger partial charge in [0.2, 0.25) is 0 Å². The molecule has 0 aliphatic heterocycles. The van der Waals surface area contributed by atoms with Crippen molar-refractivity contribution in [1.29, 1.82) is 0 Å². The normalized spacial score (nSPS) is 12.4. The van der Waals surface area contributed by atoms with Crippen molar-refractivity contribution in [2.45, 2.75) is 13.3 Å². The maximum Gasteiger partial charge on any atom is 0.330 e. The number of aliphatic hydroxyl groups is 1. The smallest absolute Gasteiger partial charge is 0.330 e. The topological polar surface area (TPSA) is 55.8 Å². The molecule has 0 radical (unpaired) electrons. The van der Waals surface area contributed by atoms with Crippen molar-refractivity contribution in [3.05, 3.63) is 35.9 Å². The molecule has 0 aliphatic carbocycles. The number of aliphatic hydroxyl groups excluding tert-OH is 1. The summed E-state index contributed by atoms with van der Waals surface area (Å²) >= 11 is 0. The van der Waals surface area contributed by atoms with Crippen LogP contribution < -0.4 is 4.74 Å². The number of ether oxygens (including phenoxy) is 2. The fourth-order valence-corrected chi connectivity index (χ4v) is 1.38. The second-order valence-corrected chi connectivity index (χ2v) is 4.35. The quantitative estimate of drug-likeness (QED) is 0.606. The van der Waals surface area contributed by atoms with Gasteiger partial charge in [-0.3, -0.25) is 0 Å². The third-order valence-corrected chi connectivity index (χ3v) is 2.68. The minimum atomic E-state index is -0.377. The summed E-state index contributed by atoms with van der Waals surface area (Å²) in [6.07, 6.45) is 3.88. The summed E-state index contributed by atoms with van der Waals surface area (Å²) < 4.78 is 10.1. The van der Waals surface area contributed by atoms with Crippen molar-refractivity contribution in [2.75, 3.05) is 20.3 Å². The van der Waals surface area contributed by atoms with E-state index in [4.69, 9.17) is 9.84 Å². The average molecular weight is 264 g/mol. The van der Waals surface area contributed by atoms with Gasteiger partial charge in [-0.15, -0.1) is 0 Å². The number of rotatable bonds is 7. The van der Waals surface area contributed by atoms with Gasteiger partial charge in [0.05, 0.1) is 13.7 Å². The van der Waals surface area contributed by atoms with Crippen LogP contribution in [0.1, 0.15) is 18.9 Å². The molecule has 0 saturated heterocycles. The highest BCUT2D eigenvalue weighted by Gasteiger charge is 2.00. The van der Waals surface area contributed by atoms with E-state index in [9.17, 15) is 4.79 Å². The zero-order valence-corrected chi connectivity index (χ0v) is 11.3. The molecule has 0 aliphatic rings. The number of hydrogen-bond acceptors (Lipinski definition) is 4. The molecule has 0 unspecified atom stereocenters. The number of benzene rings is 1. The molecule has 1 N–H and O–H groups in total. The third-order valence-electron chi connectivity index (χ3n) is 2.68. The van der Waals surface area contributed by atoms with Gasteiger partial charge in [-0.25, -0.2) is 4.79 Å². The van der Waals surface area contributed by atoms with Crippen LogP contribution in [0.25, 0.3) is 6.08 Å². The van der Waals surface area contributed by atoms with E-state index in [-0.39, 0.29) is 18.5 Å². The van der Waals surface area contributed by atoms with E-state index in [1.54, 1.807) is 6.08 Å². The highest BCUT2D eigenvalue weighted by atomic mass is 16.5. The number of hydrogen-bond donors (Lipinski definition) is 1. The first-order chi connectivity index (χ1) is 9.15. The van der Waals surface area contributed by atoms with E-state index in [0.29, 0.717) is 6.61 Å². The Kier molecular flexibility index (Phi) is 6.68. The van der Waals surface area contributed by atoms with E-state index < -0.39 is 0 Å². The van der Waals surface area contributed by atoms with Gasteiger partial charge in [0.15, 0.2) is 0 Å². The lowest BCUT2D eigenvalue weighted by molar-refractivity contribution is -0.134. The molecular formula is C15H20O4. The van der Waals surface area contributed by atoms with Crippen LogP contribution in [-0.2, 0) is 9.53 Å². The number of esters is 1. The van der Waals surface area contributed by atoms with Gasteiger partial charge < -0.3 is 14.6 Å². The van der Waals surface area contributed by atoms with Gasteiger partial charge in [-0.2, -0.15) is 0 Å². The Morgan fingerprint density at radius 2 is 2.05 bits per heavy atom. The van der Waals surface area contributed by atoms with Crippen LogP contribution in [0.4, 0.5) is 0 Å². The van der Waals surface area contributed by atoms with Crippen LogP contribution >= 0.6 is 0 Å². The van der Waals surface area contributed by atoms with Gasteiger partial charge in [-0.05, 0) is 36.1 Å². The van der Waals surface area contributed by atoms with Crippen LogP contribution in [0.2, 0.25) is 0 Å². The van der Waals surface area contributed by atoms with Crippen molar-refractivity contribution < 1.29 is 19.4 Å². The lowest BCUT2D eigenvalue weighted by Crippen LogP contribution is -2.07. The van der Waals surface area contributed by atoms with Crippen molar-refractivity contribution in [3.8, 4) is 5.75 Å². The lowest BCUT2D eigenvalue weighted by atomic mass is 10.1. The molecule has 4 nitrogen and oxygen atoms in total. The van der Waals surface area contributed by atoms with E-state index in [1.807, 2.05) is 31.2 Å². The van der Waals surface area contributed by atoms with Crippen LogP contribution in [-0.4, -0.2) is 31.4 Å². The average Bonchev–Trinajstić information content (AvgIpc) is 2.45. The van der Waals surface area contributed by atoms with Crippen LogP contribution in [0.15, 0.2) is 30.3 Å². The van der Waals surface area contributed by atoms with Crippen molar-refractivity contribution in [2.24, 2.45) is 5.92 Å².